The minimum atomic E-state index is -2.08. The summed E-state index contributed by atoms with van der Waals surface area (Å²) in [6, 6.07) is 0. The molecule has 0 aliphatic carbocycles. The molecule has 0 fully saturated rings. The Hall–Kier alpha value is -0.830. The van der Waals surface area contributed by atoms with Crippen LogP contribution in [0.15, 0.2) is 25.3 Å². The average molecular weight is 158 g/mol. The molecule has 3 heteroatoms. The van der Waals surface area contributed by atoms with E-state index in [0.29, 0.717) is 17.7 Å². The molecule has 2 nitrogen and oxygen atoms in total. The Morgan fingerprint density at radius 1 is 1.20 bits per heavy atom. The summed E-state index contributed by atoms with van der Waals surface area (Å²) < 4.78 is 20.7. The summed E-state index contributed by atoms with van der Waals surface area (Å²) in [5.74, 6) is 0. The van der Waals surface area contributed by atoms with E-state index >= 15 is 0 Å². The predicted octanol–water partition coefficient (Wildman–Crippen LogP) is 1.19. The van der Waals surface area contributed by atoms with Gasteiger partial charge in [-0.25, -0.2) is 0 Å². The van der Waals surface area contributed by atoms with Crippen LogP contribution >= 0.6 is 0 Å². The molecule has 0 unspecified atom stereocenters. The van der Waals surface area contributed by atoms with Gasteiger partial charge < -0.3 is 0 Å². The highest BCUT2D eigenvalue weighted by Gasteiger charge is 1.93. The van der Waals surface area contributed by atoms with Gasteiger partial charge in [0.1, 0.15) is 0 Å². The van der Waals surface area contributed by atoms with E-state index in [2.05, 4.69) is 13.2 Å². The standard InChI is InChI=1S/C7H10O2S/c1-3-5-7(6-4-2)10(8)9/h3-4H,1-2,5-6H2. The second-order valence-electron chi connectivity index (χ2n) is 1.76. The Balaban J connectivity index is 4.42. The molecule has 0 heterocycles. The Labute approximate surface area is 62.4 Å². The minimum absolute atomic E-state index is 0.419. The number of rotatable bonds is 4. The van der Waals surface area contributed by atoms with Crippen molar-refractivity contribution in [3.05, 3.63) is 25.3 Å². The lowest BCUT2D eigenvalue weighted by Gasteiger charge is -1.89. The van der Waals surface area contributed by atoms with Crippen molar-refractivity contribution in [1.82, 2.24) is 0 Å². The van der Waals surface area contributed by atoms with Gasteiger partial charge in [0.25, 0.3) is 0 Å². The van der Waals surface area contributed by atoms with Gasteiger partial charge in [-0.2, -0.15) is 8.42 Å². The van der Waals surface area contributed by atoms with E-state index in [9.17, 15) is 8.42 Å². The van der Waals surface area contributed by atoms with E-state index in [4.69, 9.17) is 0 Å². The quantitative estimate of drug-likeness (QED) is 0.455. The Morgan fingerprint density at radius 3 is 1.80 bits per heavy atom. The molecule has 0 aliphatic rings. The van der Waals surface area contributed by atoms with Crippen molar-refractivity contribution in [3.63, 3.8) is 0 Å². The van der Waals surface area contributed by atoms with Gasteiger partial charge in [-0.05, 0) is 0 Å². The lowest BCUT2D eigenvalue weighted by Crippen LogP contribution is -1.94. The van der Waals surface area contributed by atoms with Crippen LogP contribution in [0.25, 0.3) is 0 Å². The predicted molar refractivity (Wildman–Crippen MR) is 43.6 cm³/mol. The van der Waals surface area contributed by atoms with Crippen molar-refractivity contribution < 1.29 is 8.42 Å². The first kappa shape index (κ1) is 9.17. The lowest BCUT2D eigenvalue weighted by molar-refractivity contribution is 0.626. The van der Waals surface area contributed by atoms with Crippen LogP contribution in [0.3, 0.4) is 0 Å². The van der Waals surface area contributed by atoms with E-state index in [1.54, 1.807) is 12.2 Å². The van der Waals surface area contributed by atoms with Crippen LogP contribution in [0.4, 0.5) is 0 Å². The van der Waals surface area contributed by atoms with Gasteiger partial charge in [-0.3, -0.25) is 0 Å². The first-order valence-electron chi connectivity index (χ1n) is 2.88. The summed E-state index contributed by atoms with van der Waals surface area (Å²) in [7, 11) is -2.08. The summed E-state index contributed by atoms with van der Waals surface area (Å²) in [5, 5.41) is 0. The topological polar surface area (TPSA) is 34.1 Å². The molecule has 0 N–H and O–H groups in total. The Kier molecular flexibility index (Phi) is 4.58. The molecule has 0 rings (SSSR count). The zero-order chi connectivity index (χ0) is 7.98. The highest BCUT2D eigenvalue weighted by molar-refractivity contribution is 7.73. The second-order valence-corrected chi connectivity index (χ2v) is 2.81. The molecular weight excluding hydrogens is 148 g/mol. The smallest absolute Gasteiger partial charge is 0.185 e. The van der Waals surface area contributed by atoms with E-state index in [1.807, 2.05) is 0 Å². The molecule has 0 spiro atoms. The first-order valence-corrected chi connectivity index (χ1v) is 3.95. The fourth-order valence-electron chi connectivity index (χ4n) is 0.541. The second kappa shape index (κ2) is 4.99. The van der Waals surface area contributed by atoms with E-state index in [1.165, 1.54) is 0 Å². The van der Waals surface area contributed by atoms with E-state index in [-0.39, 0.29) is 0 Å². The summed E-state index contributed by atoms with van der Waals surface area (Å²) in [5.41, 5.74) is 0. The lowest BCUT2D eigenvalue weighted by atomic mass is 10.2. The minimum Gasteiger partial charge on any atom is -0.185 e. The summed E-state index contributed by atoms with van der Waals surface area (Å²) in [6.45, 7) is 6.87. The zero-order valence-corrected chi connectivity index (χ0v) is 6.52. The van der Waals surface area contributed by atoms with Crippen LogP contribution in [-0.4, -0.2) is 13.3 Å². The molecular formula is C7H10O2S. The molecule has 10 heavy (non-hydrogen) atoms. The van der Waals surface area contributed by atoms with Crippen LogP contribution in [0, 0.1) is 0 Å². The SMILES string of the molecule is C=CCC(CC=C)=S(=O)=O. The van der Waals surface area contributed by atoms with E-state index < -0.39 is 10.3 Å². The van der Waals surface area contributed by atoms with E-state index in [0.717, 1.165) is 0 Å². The third kappa shape index (κ3) is 3.25. The molecule has 0 aromatic rings. The van der Waals surface area contributed by atoms with Gasteiger partial charge in [0, 0.05) is 12.8 Å². The van der Waals surface area contributed by atoms with Crippen LogP contribution < -0.4 is 0 Å². The molecule has 0 atom stereocenters. The maximum absolute atomic E-state index is 10.3. The maximum atomic E-state index is 10.3. The van der Waals surface area contributed by atoms with Crippen LogP contribution in [-0.2, 0) is 10.3 Å². The molecule has 0 aromatic carbocycles. The van der Waals surface area contributed by atoms with Gasteiger partial charge in [0.2, 0.25) is 10.3 Å². The molecule has 56 valence electrons. The summed E-state index contributed by atoms with van der Waals surface area (Å²) >= 11 is 0. The van der Waals surface area contributed by atoms with Gasteiger partial charge in [0.05, 0.1) is 4.86 Å². The third-order valence-electron chi connectivity index (χ3n) is 0.980. The number of hydrogen-bond donors (Lipinski definition) is 0. The van der Waals surface area contributed by atoms with Crippen molar-refractivity contribution in [2.45, 2.75) is 12.8 Å². The fraction of sp³-hybridized carbons (Fsp3) is 0.286. The van der Waals surface area contributed by atoms with Crippen molar-refractivity contribution in [2.75, 3.05) is 0 Å². The van der Waals surface area contributed by atoms with Crippen molar-refractivity contribution in [2.24, 2.45) is 0 Å². The van der Waals surface area contributed by atoms with Crippen molar-refractivity contribution in [1.29, 1.82) is 0 Å². The molecule has 0 saturated heterocycles. The van der Waals surface area contributed by atoms with Crippen molar-refractivity contribution in [3.8, 4) is 0 Å². The van der Waals surface area contributed by atoms with Crippen molar-refractivity contribution >= 4 is 15.2 Å². The highest BCUT2D eigenvalue weighted by atomic mass is 32.2. The normalized spacial score (nSPS) is 8.40. The largest absolute Gasteiger partial charge is 0.213 e. The molecule has 0 amide bonds. The van der Waals surface area contributed by atoms with Gasteiger partial charge in [0.15, 0.2) is 0 Å². The van der Waals surface area contributed by atoms with Crippen LogP contribution in [0.1, 0.15) is 12.8 Å². The van der Waals surface area contributed by atoms with Gasteiger partial charge >= 0.3 is 0 Å². The molecule has 0 bridgehead atoms. The average Bonchev–Trinajstić information content (AvgIpc) is 1.87. The zero-order valence-electron chi connectivity index (χ0n) is 5.71. The summed E-state index contributed by atoms with van der Waals surface area (Å²) in [6.07, 6.45) is 3.97. The highest BCUT2D eigenvalue weighted by Crippen LogP contribution is 1.91. The Morgan fingerprint density at radius 2 is 1.60 bits per heavy atom. The monoisotopic (exact) mass is 158 g/mol. The molecule has 0 aromatic heterocycles. The summed E-state index contributed by atoms with van der Waals surface area (Å²) in [4.78, 5) is 0.435. The van der Waals surface area contributed by atoms with Crippen LogP contribution in [0.2, 0.25) is 0 Å². The Bertz CT molecular complexity index is 227. The van der Waals surface area contributed by atoms with Crippen LogP contribution in [0.5, 0.6) is 0 Å². The molecule has 0 aliphatic heterocycles. The third-order valence-corrected chi connectivity index (χ3v) is 1.78. The maximum Gasteiger partial charge on any atom is 0.213 e. The number of hydrogen-bond acceptors (Lipinski definition) is 2. The fourth-order valence-corrected chi connectivity index (χ4v) is 1.05. The number of allylic oxidation sites excluding steroid dienone is 2. The molecule has 0 radical (unpaired) electrons. The first-order chi connectivity index (χ1) is 4.72. The van der Waals surface area contributed by atoms with Gasteiger partial charge in [-0.15, -0.1) is 13.2 Å². The van der Waals surface area contributed by atoms with Gasteiger partial charge in [-0.1, -0.05) is 12.2 Å². The molecule has 0 saturated carbocycles.